The first-order valence-corrected chi connectivity index (χ1v) is 31.5. The molecular formula is C70H76N7O12S+. The number of para-hydroxylation sites is 2. The van der Waals surface area contributed by atoms with E-state index >= 15 is 0 Å². The summed E-state index contributed by atoms with van der Waals surface area (Å²) >= 11 is 0. The zero-order chi connectivity index (χ0) is 63.8. The maximum atomic E-state index is 15.0. The van der Waals surface area contributed by atoms with Gasteiger partial charge in [0.15, 0.2) is 12.4 Å². The second-order valence-corrected chi connectivity index (χ2v) is 25.0. The molecule has 1 fully saturated rings. The van der Waals surface area contributed by atoms with Gasteiger partial charge in [0.25, 0.3) is 0 Å². The number of benzene rings is 7. The summed E-state index contributed by atoms with van der Waals surface area (Å²) in [5, 5.41) is 12.2. The van der Waals surface area contributed by atoms with Crippen LogP contribution in [0.2, 0.25) is 0 Å². The van der Waals surface area contributed by atoms with Gasteiger partial charge < -0.3 is 44.8 Å². The summed E-state index contributed by atoms with van der Waals surface area (Å²) in [6, 6.07) is 54.2. The van der Waals surface area contributed by atoms with E-state index in [1.807, 2.05) is 135 Å². The van der Waals surface area contributed by atoms with Crippen molar-refractivity contribution in [2.24, 2.45) is 5.92 Å². The largest absolute Gasteiger partial charge is 0.456 e. The van der Waals surface area contributed by atoms with Crippen LogP contribution >= 0.6 is 0 Å². The summed E-state index contributed by atoms with van der Waals surface area (Å²) in [6.45, 7) is 4.08. The van der Waals surface area contributed by atoms with Crippen molar-refractivity contribution in [1.29, 1.82) is 0 Å². The molecule has 0 bridgehead atoms. The lowest BCUT2D eigenvalue weighted by Crippen LogP contribution is -2.53. The van der Waals surface area contributed by atoms with Crippen LogP contribution in [0.15, 0.2) is 191 Å². The average Bonchev–Trinajstić information content (AvgIpc) is 0.750. The van der Waals surface area contributed by atoms with Crippen molar-refractivity contribution in [3.8, 4) is 22.5 Å². The van der Waals surface area contributed by atoms with Gasteiger partial charge in [-0.1, -0.05) is 115 Å². The summed E-state index contributed by atoms with van der Waals surface area (Å²) in [4.78, 5) is 82.4. The Labute approximate surface area is 524 Å². The third-order valence-electron chi connectivity index (χ3n) is 15.5. The third-order valence-corrected chi connectivity index (χ3v) is 17.5. The molecule has 0 aromatic heterocycles. The molecular weight excluding hydrogens is 1160 g/mol. The number of nitrogens with one attached hydrogen (secondary N) is 4. The minimum atomic E-state index is -4.18. The van der Waals surface area contributed by atoms with Crippen molar-refractivity contribution < 1.29 is 55.8 Å². The van der Waals surface area contributed by atoms with Crippen molar-refractivity contribution >= 4 is 73.8 Å². The zero-order valence-electron chi connectivity index (χ0n) is 51.2. The van der Waals surface area contributed by atoms with Crippen molar-refractivity contribution in [3.05, 3.63) is 198 Å². The predicted octanol–water partition coefficient (Wildman–Crippen LogP) is 10.1. The molecule has 0 spiro atoms. The maximum absolute atomic E-state index is 15.0. The van der Waals surface area contributed by atoms with Gasteiger partial charge >= 0.3 is 18.2 Å². The molecule has 2 atom stereocenters. The Kier molecular flexibility index (Phi) is 21.6. The number of hydrogen-bond acceptors (Lipinski definition) is 13. The number of rotatable bonds is 24. The van der Waals surface area contributed by atoms with Crippen LogP contribution in [0.3, 0.4) is 0 Å². The number of alkyl carbamates (subject to hydrolysis) is 2. The zero-order valence-corrected chi connectivity index (χ0v) is 52.0. The van der Waals surface area contributed by atoms with Crippen LogP contribution in [0.5, 0.6) is 0 Å². The minimum Gasteiger partial charge on any atom is -0.456 e. The molecule has 19 nitrogen and oxygen atoms in total. The van der Waals surface area contributed by atoms with Crippen LogP contribution < -0.4 is 36.1 Å². The molecule has 6 aromatic carbocycles. The first kappa shape index (κ1) is 64.8. The number of piperidine rings is 1. The summed E-state index contributed by atoms with van der Waals surface area (Å²) in [5.41, 5.74) is 5.98. The SMILES string of the molecule is CN(c1ccccc1)c1ccc2c(-c3ccccc3S(=O)(=O)N3CCC(C(=O)NCC(=O)OCC(=O)[C@@H](CCCCNC(=O)OC(C)(C)C)NC(=O)[C@@H](Cc4ccccc4)NC(=O)OCc4ccccc4)CC3)c3ccc(=[N+](C)c4ccccc4)cc-3oc2c1. The Balaban J connectivity index is 0.850. The lowest BCUT2D eigenvalue weighted by atomic mass is 9.93. The van der Waals surface area contributed by atoms with Gasteiger partial charge in [-0.2, -0.15) is 8.88 Å². The van der Waals surface area contributed by atoms with Crippen molar-refractivity contribution in [3.63, 3.8) is 0 Å². The van der Waals surface area contributed by atoms with Crippen LogP contribution in [0.4, 0.5) is 26.7 Å². The number of carbonyl (C=O) groups is 6. The number of carbonyl (C=O) groups excluding carboxylic acids is 6. The van der Waals surface area contributed by atoms with E-state index in [0.717, 1.165) is 33.5 Å². The van der Waals surface area contributed by atoms with Crippen LogP contribution in [-0.2, 0) is 56.4 Å². The molecule has 1 saturated heterocycles. The van der Waals surface area contributed by atoms with E-state index in [0.29, 0.717) is 46.3 Å². The fraction of sp³-hybridized carbons (Fsp3) is 0.300. The molecule has 9 rings (SSSR count). The van der Waals surface area contributed by atoms with Gasteiger partial charge in [0.2, 0.25) is 32.9 Å². The van der Waals surface area contributed by atoms with Crippen LogP contribution in [0.25, 0.3) is 33.4 Å². The Morgan fingerprint density at radius 3 is 2.01 bits per heavy atom. The number of nitrogens with zero attached hydrogens (tertiary/aromatic N) is 3. The van der Waals surface area contributed by atoms with E-state index in [1.54, 1.807) is 81.4 Å². The standard InChI is InChI=1S/C70H75N7O12S/c1-70(2,3)89-68(82)71-39-21-20-31-58(73-67(81)59(42-48-22-10-6-11-23-48)74-69(83)87-46-49-24-12-7-13-25-49)60(78)47-86-64(79)45-72-66(80)50-37-40-77(41-38-50)90(84,85)63-32-19-18-30-57(63)65-55-35-33-53(75(4)51-26-14-8-15-27-51)43-61(55)88-62-44-54(34-36-56(62)65)76(5)52-28-16-9-17-29-52/h6-19,22-30,32-36,43-44,50,58-59H,20-21,31,37-42,45-47H2,1-5H3,(H3-,71,72,73,74,80,81,82,83)/p+1/t58-,59-/m1/s1. The molecule has 4 N–H and O–H groups in total. The Morgan fingerprint density at radius 2 is 1.32 bits per heavy atom. The fourth-order valence-corrected chi connectivity index (χ4v) is 12.4. The first-order chi connectivity index (χ1) is 43.3. The van der Waals surface area contributed by atoms with Crippen molar-refractivity contribution in [1.82, 2.24) is 30.1 Å². The number of anilines is 2. The molecule has 0 saturated carbocycles. The highest BCUT2D eigenvalue weighted by atomic mass is 32.2. The van der Waals surface area contributed by atoms with E-state index in [1.165, 1.54) is 4.31 Å². The van der Waals surface area contributed by atoms with Gasteiger partial charge in [-0.15, -0.1) is 0 Å². The van der Waals surface area contributed by atoms with Crippen LogP contribution in [-0.4, -0.2) is 113 Å². The molecule has 2 aliphatic heterocycles. The highest BCUT2D eigenvalue weighted by Crippen LogP contribution is 2.44. The van der Waals surface area contributed by atoms with Gasteiger partial charge in [0.1, 0.15) is 43.2 Å². The van der Waals surface area contributed by atoms with E-state index < -0.39 is 82.5 Å². The topological polar surface area (TPSA) is 235 Å². The predicted molar refractivity (Wildman–Crippen MR) is 344 cm³/mol. The van der Waals surface area contributed by atoms with Gasteiger partial charge in [-0.25, -0.2) is 18.0 Å². The van der Waals surface area contributed by atoms with Crippen molar-refractivity contribution in [2.75, 3.05) is 51.8 Å². The molecule has 20 heteroatoms. The van der Waals surface area contributed by atoms with Gasteiger partial charge in [0, 0.05) is 96.7 Å². The Hall–Kier alpha value is -9.66. The fourth-order valence-electron chi connectivity index (χ4n) is 10.7. The number of ether oxygens (including phenoxy) is 3. The van der Waals surface area contributed by atoms with Crippen LogP contribution in [0.1, 0.15) is 64.0 Å². The molecule has 468 valence electrons. The highest BCUT2D eigenvalue weighted by molar-refractivity contribution is 7.89. The molecule has 2 heterocycles. The first-order valence-electron chi connectivity index (χ1n) is 30.1. The molecule has 3 aliphatic rings. The molecule has 0 unspecified atom stereocenters. The number of sulfonamides is 1. The number of amides is 4. The van der Waals surface area contributed by atoms with Gasteiger partial charge in [-0.3, -0.25) is 19.2 Å². The molecule has 6 aromatic rings. The summed E-state index contributed by atoms with van der Waals surface area (Å²) in [7, 11) is -0.228. The quantitative estimate of drug-likeness (QED) is 0.0145. The number of hydrogen-bond donors (Lipinski definition) is 4. The molecule has 4 amide bonds. The van der Waals surface area contributed by atoms with E-state index in [9.17, 15) is 37.2 Å². The summed E-state index contributed by atoms with van der Waals surface area (Å²) in [5.74, 6) is -2.85. The number of unbranched alkanes of at least 4 members (excludes halogenated alkanes) is 1. The second kappa shape index (κ2) is 30.0. The molecule has 90 heavy (non-hydrogen) atoms. The lowest BCUT2D eigenvalue weighted by Gasteiger charge is -2.31. The number of Topliss-reactive ketones (excluding diaryl/α,β-unsaturated/α-hetero) is 1. The second-order valence-electron chi connectivity index (χ2n) is 23.1. The molecule has 0 radical (unpaired) electrons. The van der Waals surface area contributed by atoms with Gasteiger partial charge in [0.05, 0.1) is 17.0 Å². The van der Waals surface area contributed by atoms with Crippen LogP contribution in [0, 0.1) is 5.92 Å². The summed E-state index contributed by atoms with van der Waals surface area (Å²) < 4.78 is 56.3. The number of ketones is 1. The Bertz CT molecular complexity index is 3970. The van der Waals surface area contributed by atoms with Gasteiger partial charge in [-0.05, 0) is 100 Å². The highest BCUT2D eigenvalue weighted by Gasteiger charge is 2.35. The van der Waals surface area contributed by atoms with E-state index in [-0.39, 0.29) is 56.8 Å². The maximum Gasteiger partial charge on any atom is 0.408 e. The number of fused-ring (bicyclic) bond motifs is 2. The van der Waals surface area contributed by atoms with E-state index in [4.69, 9.17) is 18.6 Å². The average molecular weight is 1240 g/mol. The monoisotopic (exact) mass is 1240 g/mol. The molecule has 1 aliphatic carbocycles. The van der Waals surface area contributed by atoms with E-state index in [2.05, 4.69) is 30.7 Å². The third kappa shape index (κ3) is 17.1. The Morgan fingerprint density at radius 1 is 0.678 bits per heavy atom. The minimum absolute atomic E-state index is 0.0183. The summed E-state index contributed by atoms with van der Waals surface area (Å²) in [6.07, 6.45) is -0.295. The lowest BCUT2D eigenvalue weighted by molar-refractivity contribution is -0.148. The normalized spacial score (nSPS) is 13.9. The number of esters is 1. The smallest absolute Gasteiger partial charge is 0.408 e. The van der Waals surface area contributed by atoms with Crippen molar-refractivity contribution in [2.45, 2.75) is 88.5 Å².